The van der Waals surface area contributed by atoms with Crippen LogP contribution in [0.4, 0.5) is 47.7 Å². The van der Waals surface area contributed by atoms with Crippen LogP contribution in [0.5, 0.6) is 5.75 Å². The number of likely N-dealkylation sites (tertiary alicyclic amines) is 1. The van der Waals surface area contributed by atoms with E-state index < -0.39 is 42.3 Å². The number of aryl methyl sites for hydroxylation is 2. The zero-order valence-corrected chi connectivity index (χ0v) is 40.7. The Kier molecular flexibility index (Phi) is 13.3. The summed E-state index contributed by atoms with van der Waals surface area (Å²) in [5.41, 5.74) is 4.59. The SMILES string of the molecule is CCc1cc(Nc2ncc(Br)c(Nc3ccc4nc(C)c(F)cc4c3P(C)(C)=O)n2)c(OC)cc1N1CCC(N2CC(N3CCN(c4cc(F)c([C@H]5CCC(=O)NC5=O)c(F)c4)CC3)C2)CC1. The summed E-state index contributed by atoms with van der Waals surface area (Å²) in [6.45, 7) is 13.8. The van der Waals surface area contributed by atoms with E-state index in [1.807, 2.05) is 4.90 Å². The van der Waals surface area contributed by atoms with Crippen molar-refractivity contribution in [3.05, 3.63) is 87.4 Å². The highest BCUT2D eigenvalue weighted by Crippen LogP contribution is 2.43. The molecule has 6 heterocycles. The van der Waals surface area contributed by atoms with Gasteiger partial charge in [0.15, 0.2) is 0 Å². The van der Waals surface area contributed by atoms with E-state index in [-0.39, 0.29) is 24.1 Å². The van der Waals surface area contributed by atoms with Crippen LogP contribution in [0.3, 0.4) is 0 Å². The van der Waals surface area contributed by atoms with Crippen molar-refractivity contribution in [3.63, 3.8) is 0 Å². The van der Waals surface area contributed by atoms with E-state index in [2.05, 4.69) is 75.6 Å². The normalized spacial score (nSPS) is 19.1. The molecule has 0 spiro atoms. The Balaban J connectivity index is 0.800. The number of pyridine rings is 1. The van der Waals surface area contributed by atoms with Gasteiger partial charge in [-0.05, 0) is 104 Å². The van der Waals surface area contributed by atoms with Crippen molar-refractivity contribution in [3.8, 4) is 5.75 Å². The number of anilines is 6. The summed E-state index contributed by atoms with van der Waals surface area (Å²) in [4.78, 5) is 47.1. The third kappa shape index (κ3) is 9.59. The molecule has 3 N–H and O–H groups in total. The molecular weight excluding hydrogens is 948 g/mol. The molecule has 67 heavy (non-hydrogen) atoms. The van der Waals surface area contributed by atoms with Crippen LogP contribution in [0.15, 0.2) is 53.1 Å². The smallest absolute Gasteiger partial charge is 0.234 e. The Morgan fingerprint density at radius 3 is 2.22 bits per heavy atom. The standard InChI is InChI=1S/C48H55BrF3N10O4P/c1-6-28-19-40(56-48-53-24-34(49)46(58-48)55-39-9-8-38-33(45(39)67(4,5)65)22-35(50)27(2)54-38)42(66-3)23-41(28)61-13-11-29(12-14-61)62-25-31(26-62)60-17-15-59(16-18-60)30-20-36(51)44(37(52)21-30)32-7-10-43(63)57-47(32)64/h8-9,19-24,29,31-32H,6-7,10-18,25-26H2,1-5H3,(H,57,63,64)(H2,53,55,56,58)/t32-/m1/s1. The van der Waals surface area contributed by atoms with Crippen LogP contribution in [0.1, 0.15) is 55.3 Å². The van der Waals surface area contributed by atoms with Crippen LogP contribution >= 0.6 is 23.1 Å². The summed E-state index contributed by atoms with van der Waals surface area (Å²) in [6, 6.07) is 12.7. The lowest BCUT2D eigenvalue weighted by Crippen LogP contribution is -2.66. The lowest BCUT2D eigenvalue weighted by molar-refractivity contribution is -0.134. The van der Waals surface area contributed by atoms with Crippen LogP contribution in [0.2, 0.25) is 0 Å². The monoisotopic (exact) mass is 1000 g/mol. The Labute approximate surface area is 396 Å². The fourth-order valence-electron chi connectivity index (χ4n) is 10.1. The lowest BCUT2D eigenvalue weighted by atomic mass is 9.89. The number of carbonyl (C=O) groups is 2. The van der Waals surface area contributed by atoms with Gasteiger partial charge in [-0.1, -0.05) is 6.92 Å². The van der Waals surface area contributed by atoms with E-state index in [4.69, 9.17) is 9.72 Å². The number of benzene rings is 3. The van der Waals surface area contributed by atoms with Crippen LogP contribution in [-0.2, 0) is 20.6 Å². The number of amides is 2. The molecule has 3 aromatic carbocycles. The first kappa shape index (κ1) is 46.8. The van der Waals surface area contributed by atoms with Gasteiger partial charge in [0, 0.05) is 111 Å². The van der Waals surface area contributed by atoms with Crippen LogP contribution in [0.25, 0.3) is 10.9 Å². The van der Waals surface area contributed by atoms with Crippen molar-refractivity contribution in [1.82, 2.24) is 30.1 Å². The van der Waals surface area contributed by atoms with Crippen molar-refractivity contribution in [2.24, 2.45) is 0 Å². The third-order valence-electron chi connectivity index (χ3n) is 13.7. The van der Waals surface area contributed by atoms with Gasteiger partial charge in [0.25, 0.3) is 0 Å². The molecule has 1 atom stereocenters. The van der Waals surface area contributed by atoms with Gasteiger partial charge in [-0.3, -0.25) is 29.7 Å². The Morgan fingerprint density at radius 1 is 0.851 bits per heavy atom. The number of hydrogen-bond acceptors (Lipinski definition) is 13. The number of methoxy groups -OCH3 is 1. The Bertz CT molecular complexity index is 2770. The fraction of sp³-hybridized carbons (Fsp3) is 0.438. The first-order chi connectivity index (χ1) is 32.1. The van der Waals surface area contributed by atoms with Crippen molar-refractivity contribution in [2.75, 3.05) is 93.2 Å². The molecule has 0 unspecified atom stereocenters. The summed E-state index contributed by atoms with van der Waals surface area (Å²) >= 11 is 3.57. The number of hydrogen-bond donors (Lipinski definition) is 3. The summed E-state index contributed by atoms with van der Waals surface area (Å²) in [5, 5.41) is 9.85. The second kappa shape index (κ2) is 19.0. The van der Waals surface area contributed by atoms with Crippen molar-refractivity contribution < 1.29 is 32.1 Å². The molecule has 4 aliphatic heterocycles. The minimum Gasteiger partial charge on any atom is -0.494 e. The molecule has 354 valence electrons. The predicted molar refractivity (Wildman–Crippen MR) is 260 cm³/mol. The molecule has 19 heteroatoms. The second-order valence-corrected chi connectivity index (χ2v) is 22.3. The number of nitrogens with one attached hydrogen (secondary N) is 3. The maximum atomic E-state index is 15.3. The molecule has 4 aliphatic rings. The highest BCUT2D eigenvalue weighted by atomic mass is 79.9. The number of fused-ring (bicyclic) bond motifs is 1. The van der Waals surface area contributed by atoms with Gasteiger partial charge in [0.2, 0.25) is 17.8 Å². The van der Waals surface area contributed by atoms with Gasteiger partial charge in [-0.2, -0.15) is 4.98 Å². The van der Waals surface area contributed by atoms with Gasteiger partial charge in [0.1, 0.15) is 36.2 Å². The van der Waals surface area contributed by atoms with Crippen molar-refractivity contribution >= 4 is 85.6 Å². The topological polar surface area (TPSA) is 148 Å². The number of aromatic nitrogens is 3. The molecule has 0 saturated carbocycles. The molecule has 9 rings (SSSR count). The number of ether oxygens (including phenoxy) is 1. The molecule has 5 aromatic rings. The summed E-state index contributed by atoms with van der Waals surface area (Å²) in [5.74, 6) is -2.65. The van der Waals surface area contributed by atoms with Gasteiger partial charge < -0.3 is 29.7 Å². The highest BCUT2D eigenvalue weighted by Gasteiger charge is 2.39. The van der Waals surface area contributed by atoms with Gasteiger partial charge in [-0.25, -0.2) is 18.2 Å². The molecule has 14 nitrogen and oxygen atoms in total. The van der Waals surface area contributed by atoms with Crippen LogP contribution in [0, 0.1) is 24.4 Å². The molecule has 2 amide bonds. The predicted octanol–water partition coefficient (Wildman–Crippen LogP) is 7.81. The third-order valence-corrected chi connectivity index (χ3v) is 15.9. The number of nitrogens with zero attached hydrogens (tertiary/aromatic N) is 7. The minimum absolute atomic E-state index is 0.0562. The molecule has 0 bridgehead atoms. The van der Waals surface area contributed by atoms with E-state index in [9.17, 15) is 18.5 Å². The van der Waals surface area contributed by atoms with Gasteiger partial charge >= 0.3 is 0 Å². The van der Waals surface area contributed by atoms with Gasteiger partial charge in [-0.15, -0.1) is 0 Å². The minimum atomic E-state index is -2.92. The molecule has 0 radical (unpaired) electrons. The highest BCUT2D eigenvalue weighted by molar-refractivity contribution is 9.10. The molecule has 2 aromatic heterocycles. The van der Waals surface area contributed by atoms with Crippen molar-refractivity contribution in [1.29, 1.82) is 0 Å². The first-order valence-corrected chi connectivity index (χ1v) is 26.2. The number of imide groups is 1. The average Bonchev–Trinajstić information content (AvgIpc) is 3.28. The quantitative estimate of drug-likeness (QED) is 0.0826. The van der Waals surface area contributed by atoms with E-state index in [0.29, 0.717) is 74.7 Å². The lowest BCUT2D eigenvalue weighted by Gasteiger charge is -2.52. The fourth-order valence-corrected chi connectivity index (χ4v) is 11.9. The second-order valence-electron chi connectivity index (χ2n) is 18.3. The Hall–Kier alpha value is -5.29. The number of piperazine rings is 1. The summed E-state index contributed by atoms with van der Waals surface area (Å²) in [6.07, 6.45) is 4.66. The maximum Gasteiger partial charge on any atom is 0.234 e. The summed E-state index contributed by atoms with van der Waals surface area (Å²) in [7, 11) is -1.28. The van der Waals surface area contributed by atoms with Crippen molar-refractivity contribution in [2.45, 2.75) is 64.0 Å². The average molecular weight is 1000 g/mol. The number of rotatable bonds is 12. The Morgan fingerprint density at radius 2 is 1.57 bits per heavy atom. The van der Waals surface area contributed by atoms with E-state index in [1.54, 1.807) is 45.7 Å². The largest absolute Gasteiger partial charge is 0.494 e. The van der Waals surface area contributed by atoms with E-state index in [1.165, 1.54) is 18.2 Å². The molecule has 0 aliphatic carbocycles. The van der Waals surface area contributed by atoms with E-state index >= 15 is 8.78 Å². The van der Waals surface area contributed by atoms with E-state index in [0.717, 1.165) is 75.5 Å². The van der Waals surface area contributed by atoms with Crippen LogP contribution < -0.4 is 35.8 Å². The summed E-state index contributed by atoms with van der Waals surface area (Å²) < 4.78 is 65.4. The zero-order chi connectivity index (χ0) is 47.3. The molecular formula is C48H55BrF3N10O4P. The first-order valence-electron chi connectivity index (χ1n) is 22.8. The number of halogens is 4. The maximum absolute atomic E-state index is 15.3. The molecule has 4 fully saturated rings. The number of carbonyl (C=O) groups excluding carboxylic acids is 2. The van der Waals surface area contributed by atoms with Gasteiger partial charge in [0.05, 0.1) is 40.1 Å². The zero-order valence-electron chi connectivity index (χ0n) is 38.3. The number of piperidine rings is 2. The van der Waals surface area contributed by atoms with Crippen LogP contribution in [-0.4, -0.2) is 121 Å². The molecule has 4 saturated heterocycles.